The molecule has 1 fully saturated rings. The quantitative estimate of drug-likeness (QED) is 0.602. The first-order valence-corrected chi connectivity index (χ1v) is 12.1. The molecule has 0 amide bonds. The van der Waals surface area contributed by atoms with Gasteiger partial charge in [-0.05, 0) is 50.5 Å². The maximum Gasteiger partial charge on any atom is 0.246 e. The molecular weight excluding hydrogens is 412 g/mol. The second-order valence-corrected chi connectivity index (χ2v) is 9.71. The molecule has 0 unspecified atom stereocenters. The van der Waals surface area contributed by atoms with Crippen LogP contribution in [0.3, 0.4) is 0 Å². The van der Waals surface area contributed by atoms with E-state index in [4.69, 9.17) is 4.98 Å². The largest absolute Gasteiger partial charge is 0.325 e. The Hall–Kier alpha value is -2.78. The number of hydrogen-bond acceptors (Lipinski definition) is 6. The molecule has 1 N–H and O–H groups in total. The minimum absolute atomic E-state index is 0.223. The molecule has 4 heterocycles. The number of anilines is 2. The summed E-state index contributed by atoms with van der Waals surface area (Å²) in [7, 11) is -3.54. The fourth-order valence-electron chi connectivity index (χ4n) is 3.94. The van der Waals surface area contributed by atoms with E-state index in [0.717, 1.165) is 36.6 Å². The van der Waals surface area contributed by atoms with E-state index >= 15 is 0 Å². The number of rotatable bonds is 7. The van der Waals surface area contributed by atoms with Crippen LogP contribution in [0.2, 0.25) is 0 Å². The highest BCUT2D eigenvalue weighted by molar-refractivity contribution is 7.89. The standard InChI is InChI=1S/C22H28N6O2S/c1-3-13-27-16-20(17(2)26-27)31(29,30)28-14-10-18(11-15-28)19-7-6-9-22(24-19)25-21-8-4-5-12-23-21/h4-9,12,16,18H,3,10-11,13-15H2,1-2H3,(H,23,24,25). The lowest BCUT2D eigenvalue weighted by Gasteiger charge is -2.30. The SMILES string of the molecule is CCCn1cc(S(=O)(=O)N2CCC(c3cccc(Nc4ccccn4)n3)CC2)c(C)n1. The van der Waals surface area contributed by atoms with Crippen LogP contribution in [0.25, 0.3) is 0 Å². The van der Waals surface area contributed by atoms with Gasteiger partial charge in [0.2, 0.25) is 10.0 Å². The van der Waals surface area contributed by atoms with Crippen molar-refractivity contribution >= 4 is 21.7 Å². The van der Waals surface area contributed by atoms with Gasteiger partial charge < -0.3 is 5.32 Å². The molecule has 0 bridgehead atoms. The van der Waals surface area contributed by atoms with Crippen molar-refractivity contribution in [1.29, 1.82) is 0 Å². The Morgan fingerprint density at radius 2 is 1.87 bits per heavy atom. The summed E-state index contributed by atoms with van der Waals surface area (Å²) in [5.41, 5.74) is 1.54. The second kappa shape index (κ2) is 9.15. The maximum absolute atomic E-state index is 13.2. The van der Waals surface area contributed by atoms with Crippen LogP contribution < -0.4 is 5.32 Å². The lowest BCUT2D eigenvalue weighted by atomic mass is 9.94. The fourth-order valence-corrected chi connectivity index (χ4v) is 5.58. The van der Waals surface area contributed by atoms with Gasteiger partial charge in [-0.2, -0.15) is 9.40 Å². The highest BCUT2D eigenvalue weighted by atomic mass is 32.2. The molecule has 1 aliphatic rings. The summed E-state index contributed by atoms with van der Waals surface area (Å²) >= 11 is 0. The molecule has 8 nitrogen and oxygen atoms in total. The summed E-state index contributed by atoms with van der Waals surface area (Å²) in [6.45, 7) is 5.48. The molecule has 0 radical (unpaired) electrons. The number of piperidine rings is 1. The highest BCUT2D eigenvalue weighted by Gasteiger charge is 2.32. The summed E-state index contributed by atoms with van der Waals surface area (Å²) in [5.74, 6) is 1.71. The average molecular weight is 441 g/mol. The minimum Gasteiger partial charge on any atom is -0.325 e. The van der Waals surface area contributed by atoms with Crippen LogP contribution in [0, 0.1) is 6.92 Å². The first-order chi connectivity index (χ1) is 15.0. The third-order valence-corrected chi connectivity index (χ3v) is 7.54. The Labute approximate surface area is 183 Å². The fraction of sp³-hybridized carbons (Fsp3) is 0.409. The Bertz CT molecular complexity index is 1120. The molecule has 0 spiro atoms. The molecule has 31 heavy (non-hydrogen) atoms. The molecule has 1 aliphatic heterocycles. The van der Waals surface area contributed by atoms with E-state index in [-0.39, 0.29) is 5.92 Å². The van der Waals surface area contributed by atoms with Crippen LogP contribution in [0.5, 0.6) is 0 Å². The van der Waals surface area contributed by atoms with Crippen LogP contribution in [0.4, 0.5) is 11.6 Å². The number of nitrogens with zero attached hydrogens (tertiary/aromatic N) is 5. The lowest BCUT2D eigenvalue weighted by molar-refractivity contribution is 0.316. The van der Waals surface area contributed by atoms with E-state index in [1.165, 1.54) is 0 Å². The number of pyridine rings is 2. The van der Waals surface area contributed by atoms with Gasteiger partial charge in [0.1, 0.15) is 16.5 Å². The maximum atomic E-state index is 13.2. The average Bonchev–Trinajstić information content (AvgIpc) is 3.16. The Morgan fingerprint density at radius 1 is 1.10 bits per heavy atom. The van der Waals surface area contributed by atoms with Crippen molar-refractivity contribution in [3.8, 4) is 0 Å². The zero-order chi connectivity index (χ0) is 21.8. The third kappa shape index (κ3) is 4.77. The van der Waals surface area contributed by atoms with E-state index in [9.17, 15) is 8.42 Å². The van der Waals surface area contributed by atoms with E-state index in [1.54, 1.807) is 28.3 Å². The molecule has 0 aromatic carbocycles. The molecule has 164 valence electrons. The molecule has 9 heteroatoms. The Kier molecular flexibility index (Phi) is 6.33. The summed E-state index contributed by atoms with van der Waals surface area (Å²) in [5, 5.41) is 7.58. The van der Waals surface area contributed by atoms with Crippen LogP contribution in [-0.2, 0) is 16.6 Å². The second-order valence-electron chi connectivity index (χ2n) is 7.81. The summed E-state index contributed by atoms with van der Waals surface area (Å²) in [6, 6.07) is 11.6. The normalized spacial score (nSPS) is 15.8. The minimum atomic E-state index is -3.54. The van der Waals surface area contributed by atoms with Gasteiger partial charge in [-0.25, -0.2) is 18.4 Å². The van der Waals surface area contributed by atoms with Crippen molar-refractivity contribution in [2.75, 3.05) is 18.4 Å². The monoisotopic (exact) mass is 440 g/mol. The Balaban J connectivity index is 1.43. The third-order valence-electron chi connectivity index (χ3n) is 5.54. The number of aryl methyl sites for hydroxylation is 2. The van der Waals surface area contributed by atoms with Crippen LogP contribution in [-0.4, -0.2) is 45.6 Å². The number of sulfonamides is 1. The van der Waals surface area contributed by atoms with Crippen LogP contribution >= 0.6 is 0 Å². The molecule has 0 saturated carbocycles. The van der Waals surface area contributed by atoms with Crippen molar-refractivity contribution in [2.45, 2.75) is 50.5 Å². The van der Waals surface area contributed by atoms with E-state index in [1.807, 2.05) is 43.3 Å². The predicted molar refractivity (Wildman–Crippen MR) is 120 cm³/mol. The molecule has 0 aliphatic carbocycles. The number of nitrogens with one attached hydrogen (secondary N) is 1. The van der Waals surface area contributed by atoms with Gasteiger partial charge in [0.25, 0.3) is 0 Å². The zero-order valence-corrected chi connectivity index (χ0v) is 18.7. The van der Waals surface area contributed by atoms with Gasteiger partial charge >= 0.3 is 0 Å². The van der Waals surface area contributed by atoms with Crippen molar-refractivity contribution < 1.29 is 8.42 Å². The lowest BCUT2D eigenvalue weighted by Crippen LogP contribution is -2.38. The summed E-state index contributed by atoms with van der Waals surface area (Å²) < 4.78 is 29.6. The van der Waals surface area contributed by atoms with Gasteiger partial charge in [-0.3, -0.25) is 4.68 Å². The van der Waals surface area contributed by atoms with E-state index in [0.29, 0.717) is 30.2 Å². The van der Waals surface area contributed by atoms with Gasteiger partial charge in [0.05, 0.1) is 5.69 Å². The molecule has 4 rings (SSSR count). The number of aromatic nitrogens is 4. The zero-order valence-electron chi connectivity index (χ0n) is 17.9. The highest BCUT2D eigenvalue weighted by Crippen LogP contribution is 2.31. The van der Waals surface area contributed by atoms with Crippen molar-refractivity contribution in [1.82, 2.24) is 24.1 Å². The van der Waals surface area contributed by atoms with Gasteiger partial charge in [-0.15, -0.1) is 0 Å². The van der Waals surface area contributed by atoms with Gasteiger partial charge in [0.15, 0.2) is 0 Å². The van der Waals surface area contributed by atoms with E-state index < -0.39 is 10.0 Å². The smallest absolute Gasteiger partial charge is 0.246 e. The number of hydrogen-bond donors (Lipinski definition) is 1. The Morgan fingerprint density at radius 3 is 2.58 bits per heavy atom. The molecule has 1 saturated heterocycles. The molecule has 3 aromatic rings. The van der Waals surface area contributed by atoms with Gasteiger partial charge in [0, 0.05) is 43.6 Å². The van der Waals surface area contributed by atoms with E-state index in [2.05, 4.69) is 15.4 Å². The molecular formula is C22H28N6O2S. The van der Waals surface area contributed by atoms with Gasteiger partial charge in [-0.1, -0.05) is 19.1 Å². The van der Waals surface area contributed by atoms with Crippen LogP contribution in [0.1, 0.15) is 43.5 Å². The molecule has 3 aromatic heterocycles. The van der Waals surface area contributed by atoms with Crippen molar-refractivity contribution in [3.05, 3.63) is 60.2 Å². The summed E-state index contributed by atoms with van der Waals surface area (Å²) in [6.07, 6.45) is 5.78. The predicted octanol–water partition coefficient (Wildman–Crippen LogP) is 3.70. The topological polar surface area (TPSA) is 93.0 Å². The first-order valence-electron chi connectivity index (χ1n) is 10.7. The summed E-state index contributed by atoms with van der Waals surface area (Å²) in [4.78, 5) is 9.33. The molecule has 0 atom stereocenters. The van der Waals surface area contributed by atoms with Crippen molar-refractivity contribution in [2.24, 2.45) is 0 Å². The first kappa shape index (κ1) is 21.5. The van der Waals surface area contributed by atoms with Crippen LogP contribution in [0.15, 0.2) is 53.7 Å². The van der Waals surface area contributed by atoms with Crippen molar-refractivity contribution in [3.63, 3.8) is 0 Å².